The van der Waals surface area contributed by atoms with Crippen LogP contribution in [-0.4, -0.2) is 11.9 Å². The number of amides is 1. The molecule has 0 aromatic carbocycles. The van der Waals surface area contributed by atoms with Gasteiger partial charge in [-0.25, -0.2) is 0 Å². The summed E-state index contributed by atoms with van der Waals surface area (Å²) in [7, 11) is 0. The van der Waals surface area contributed by atoms with Gasteiger partial charge < -0.3 is 11.5 Å². The average Bonchev–Trinajstić information content (AvgIpc) is 2.13. The highest BCUT2D eigenvalue weighted by Gasteiger charge is 2.21. The summed E-state index contributed by atoms with van der Waals surface area (Å²) < 4.78 is 0. The molecular weight excluding hydrogens is 140 g/mol. The molecule has 0 saturated heterocycles. The Labute approximate surface area is 67.1 Å². The number of hydrogen-bond donors (Lipinski definition) is 2. The summed E-state index contributed by atoms with van der Waals surface area (Å²) in [4.78, 5) is 10.8. The molecule has 1 rings (SSSR count). The van der Waals surface area contributed by atoms with Gasteiger partial charge in [0.1, 0.15) is 0 Å². The Morgan fingerprint density at radius 1 is 1.27 bits per heavy atom. The van der Waals surface area contributed by atoms with E-state index in [0.717, 1.165) is 32.1 Å². The van der Waals surface area contributed by atoms with Gasteiger partial charge in [0.15, 0.2) is 0 Å². The Kier molecular flexibility index (Phi) is 2.88. The first-order chi connectivity index (χ1) is 5.20. The van der Waals surface area contributed by atoms with Crippen molar-refractivity contribution in [1.82, 2.24) is 0 Å². The molecule has 0 bridgehead atoms. The molecule has 1 amide bonds. The van der Waals surface area contributed by atoms with E-state index in [9.17, 15) is 4.79 Å². The van der Waals surface area contributed by atoms with Gasteiger partial charge in [0, 0.05) is 12.0 Å². The summed E-state index contributed by atoms with van der Waals surface area (Å²) in [6.07, 6.45) is 5.01. The lowest BCUT2D eigenvalue weighted by molar-refractivity contribution is -0.122. The summed E-state index contributed by atoms with van der Waals surface area (Å²) in [6.45, 7) is 0. The molecule has 1 saturated carbocycles. The minimum atomic E-state index is -0.178. The van der Waals surface area contributed by atoms with Crippen molar-refractivity contribution >= 4 is 5.91 Å². The fourth-order valence-electron chi connectivity index (χ4n) is 1.66. The molecule has 3 heteroatoms. The number of carbonyl (C=O) groups excluding carboxylic acids is 1. The van der Waals surface area contributed by atoms with Crippen molar-refractivity contribution in [3.63, 3.8) is 0 Å². The molecule has 0 aliphatic heterocycles. The fraction of sp³-hybridized carbons (Fsp3) is 0.875. The van der Waals surface area contributed by atoms with Crippen LogP contribution in [0, 0.1) is 5.92 Å². The molecule has 0 radical (unpaired) electrons. The molecule has 2 unspecified atom stereocenters. The van der Waals surface area contributed by atoms with E-state index in [0.29, 0.717) is 0 Å². The quantitative estimate of drug-likeness (QED) is 0.539. The van der Waals surface area contributed by atoms with Crippen LogP contribution >= 0.6 is 0 Å². The van der Waals surface area contributed by atoms with E-state index in [1.807, 2.05) is 0 Å². The molecule has 0 heterocycles. The molecule has 0 spiro atoms. The highest BCUT2D eigenvalue weighted by Crippen LogP contribution is 2.21. The normalized spacial score (nSPS) is 32.8. The maximum atomic E-state index is 10.8. The van der Waals surface area contributed by atoms with Crippen molar-refractivity contribution in [3.05, 3.63) is 0 Å². The lowest BCUT2D eigenvalue weighted by Crippen LogP contribution is -2.29. The standard InChI is InChI=1S/C8H16N2O/c9-7-4-2-1-3-6(5-7)8(10)11/h6-7H,1-5,9H2,(H2,10,11). The molecule has 1 aliphatic carbocycles. The minimum absolute atomic E-state index is 0.0347. The third-order valence-electron chi connectivity index (χ3n) is 2.37. The maximum absolute atomic E-state index is 10.8. The van der Waals surface area contributed by atoms with E-state index in [1.165, 1.54) is 0 Å². The second kappa shape index (κ2) is 3.72. The second-order valence-corrected chi connectivity index (χ2v) is 3.38. The van der Waals surface area contributed by atoms with E-state index in [4.69, 9.17) is 11.5 Å². The lowest BCUT2D eigenvalue weighted by Gasteiger charge is -2.12. The zero-order chi connectivity index (χ0) is 8.27. The maximum Gasteiger partial charge on any atom is 0.220 e. The average molecular weight is 156 g/mol. The zero-order valence-electron chi connectivity index (χ0n) is 6.75. The predicted octanol–water partition coefficient (Wildman–Crippen LogP) is 0.379. The number of hydrogen-bond acceptors (Lipinski definition) is 2. The van der Waals surface area contributed by atoms with E-state index < -0.39 is 0 Å². The topological polar surface area (TPSA) is 69.1 Å². The Bertz CT molecular complexity index is 147. The van der Waals surface area contributed by atoms with Gasteiger partial charge in [0.05, 0.1) is 0 Å². The van der Waals surface area contributed by atoms with Crippen LogP contribution < -0.4 is 11.5 Å². The van der Waals surface area contributed by atoms with Crippen molar-refractivity contribution in [2.75, 3.05) is 0 Å². The largest absolute Gasteiger partial charge is 0.369 e. The van der Waals surface area contributed by atoms with E-state index >= 15 is 0 Å². The van der Waals surface area contributed by atoms with Gasteiger partial charge in [0.2, 0.25) is 5.91 Å². The van der Waals surface area contributed by atoms with Crippen molar-refractivity contribution in [2.24, 2.45) is 17.4 Å². The van der Waals surface area contributed by atoms with Crippen LogP contribution in [0.1, 0.15) is 32.1 Å². The smallest absolute Gasteiger partial charge is 0.220 e. The molecule has 1 fully saturated rings. The molecule has 2 atom stereocenters. The molecule has 0 aromatic heterocycles. The SMILES string of the molecule is NC(=O)C1CCCCC(N)C1. The van der Waals surface area contributed by atoms with E-state index in [-0.39, 0.29) is 17.9 Å². The summed E-state index contributed by atoms with van der Waals surface area (Å²) >= 11 is 0. The van der Waals surface area contributed by atoms with Crippen LogP contribution in [0.5, 0.6) is 0 Å². The molecule has 3 nitrogen and oxygen atoms in total. The summed E-state index contributed by atoms with van der Waals surface area (Å²) in [5, 5.41) is 0. The summed E-state index contributed by atoms with van der Waals surface area (Å²) in [5.41, 5.74) is 11.0. The number of primary amides is 1. The van der Waals surface area contributed by atoms with Crippen molar-refractivity contribution < 1.29 is 4.79 Å². The van der Waals surface area contributed by atoms with Crippen LogP contribution in [-0.2, 0) is 4.79 Å². The third kappa shape index (κ3) is 2.50. The fourth-order valence-corrected chi connectivity index (χ4v) is 1.66. The van der Waals surface area contributed by atoms with Gasteiger partial charge in [-0.15, -0.1) is 0 Å². The van der Waals surface area contributed by atoms with Crippen molar-refractivity contribution in [1.29, 1.82) is 0 Å². The number of rotatable bonds is 1. The van der Waals surface area contributed by atoms with Crippen LogP contribution in [0.3, 0.4) is 0 Å². The third-order valence-corrected chi connectivity index (χ3v) is 2.37. The first kappa shape index (κ1) is 8.53. The Morgan fingerprint density at radius 3 is 2.55 bits per heavy atom. The molecule has 11 heavy (non-hydrogen) atoms. The zero-order valence-corrected chi connectivity index (χ0v) is 6.75. The van der Waals surface area contributed by atoms with Gasteiger partial charge >= 0.3 is 0 Å². The van der Waals surface area contributed by atoms with Crippen molar-refractivity contribution in [2.45, 2.75) is 38.1 Å². The Hall–Kier alpha value is -0.570. The molecular formula is C8H16N2O. The Balaban J connectivity index is 2.45. The minimum Gasteiger partial charge on any atom is -0.369 e. The van der Waals surface area contributed by atoms with Crippen LogP contribution in [0.25, 0.3) is 0 Å². The Morgan fingerprint density at radius 2 is 1.91 bits per heavy atom. The van der Waals surface area contributed by atoms with E-state index in [2.05, 4.69) is 0 Å². The van der Waals surface area contributed by atoms with Gasteiger partial charge in [-0.1, -0.05) is 12.8 Å². The first-order valence-electron chi connectivity index (χ1n) is 4.25. The summed E-state index contributed by atoms with van der Waals surface area (Å²) in [5.74, 6) is -0.144. The van der Waals surface area contributed by atoms with E-state index in [1.54, 1.807) is 0 Å². The monoisotopic (exact) mass is 156 g/mol. The predicted molar refractivity (Wildman–Crippen MR) is 43.7 cm³/mol. The highest BCUT2D eigenvalue weighted by atomic mass is 16.1. The van der Waals surface area contributed by atoms with Crippen LogP contribution in [0.2, 0.25) is 0 Å². The summed E-state index contributed by atoms with van der Waals surface area (Å²) in [6, 6.07) is 0.190. The van der Waals surface area contributed by atoms with Gasteiger partial charge in [-0.3, -0.25) is 4.79 Å². The second-order valence-electron chi connectivity index (χ2n) is 3.38. The van der Waals surface area contributed by atoms with Crippen molar-refractivity contribution in [3.8, 4) is 0 Å². The molecule has 1 aliphatic rings. The highest BCUT2D eigenvalue weighted by molar-refractivity contribution is 5.76. The van der Waals surface area contributed by atoms with Crippen LogP contribution in [0.4, 0.5) is 0 Å². The molecule has 4 N–H and O–H groups in total. The van der Waals surface area contributed by atoms with Gasteiger partial charge in [0.25, 0.3) is 0 Å². The molecule has 0 aromatic rings. The first-order valence-corrected chi connectivity index (χ1v) is 4.25. The number of nitrogens with two attached hydrogens (primary N) is 2. The molecule has 64 valence electrons. The number of carbonyl (C=O) groups is 1. The lowest BCUT2D eigenvalue weighted by atomic mass is 9.98. The van der Waals surface area contributed by atoms with Gasteiger partial charge in [-0.05, 0) is 19.3 Å². The van der Waals surface area contributed by atoms with Crippen LogP contribution in [0.15, 0.2) is 0 Å². The van der Waals surface area contributed by atoms with Gasteiger partial charge in [-0.2, -0.15) is 0 Å².